The highest BCUT2D eigenvalue weighted by Crippen LogP contribution is 2.14. The average molecular weight is 400 g/mol. The number of rotatable bonds is 7. The van der Waals surface area contributed by atoms with Gasteiger partial charge in [-0.25, -0.2) is 9.98 Å². The normalized spacial score (nSPS) is 13.2. The smallest absolute Gasteiger partial charge is 0.158 e. The van der Waals surface area contributed by atoms with Crippen LogP contribution in [0.3, 0.4) is 0 Å². The molecule has 0 bridgehead atoms. The SMILES string of the molecule is N#CC(=CC=CC=CC(C#N)C(C#N)=Nc1ccccc1)C(C#N)=Nc1ccccc1. The predicted octanol–water partition coefficient (Wildman–Crippen LogP) is 5.28. The van der Waals surface area contributed by atoms with E-state index in [9.17, 15) is 21.0 Å². The molecule has 0 saturated heterocycles. The van der Waals surface area contributed by atoms with E-state index in [0.29, 0.717) is 11.4 Å². The van der Waals surface area contributed by atoms with Gasteiger partial charge < -0.3 is 0 Å². The van der Waals surface area contributed by atoms with Gasteiger partial charge in [0.05, 0.1) is 23.0 Å². The van der Waals surface area contributed by atoms with Crippen LogP contribution in [0.15, 0.2) is 107 Å². The highest BCUT2D eigenvalue weighted by atomic mass is 14.8. The van der Waals surface area contributed by atoms with Gasteiger partial charge in [-0.1, -0.05) is 60.7 Å². The summed E-state index contributed by atoms with van der Waals surface area (Å²) >= 11 is 0. The number of benzene rings is 2. The van der Waals surface area contributed by atoms with Gasteiger partial charge in [0.2, 0.25) is 0 Å². The zero-order valence-electron chi connectivity index (χ0n) is 16.4. The van der Waals surface area contributed by atoms with Gasteiger partial charge in [0.1, 0.15) is 29.8 Å². The molecule has 2 aromatic rings. The van der Waals surface area contributed by atoms with Crippen LogP contribution in [-0.4, -0.2) is 11.4 Å². The first kappa shape index (κ1) is 22.3. The van der Waals surface area contributed by atoms with Crippen LogP contribution in [-0.2, 0) is 0 Å². The number of hydrogen-bond donors (Lipinski definition) is 0. The van der Waals surface area contributed by atoms with Gasteiger partial charge >= 0.3 is 0 Å². The molecule has 2 aromatic carbocycles. The Labute approximate surface area is 181 Å². The summed E-state index contributed by atoms with van der Waals surface area (Å²) in [5.41, 5.74) is 1.35. The number of hydrogen-bond acceptors (Lipinski definition) is 6. The van der Waals surface area contributed by atoms with E-state index in [2.05, 4.69) is 9.98 Å². The van der Waals surface area contributed by atoms with Crippen molar-refractivity contribution in [2.24, 2.45) is 15.9 Å². The average Bonchev–Trinajstić information content (AvgIpc) is 2.82. The van der Waals surface area contributed by atoms with Crippen molar-refractivity contribution in [3.63, 3.8) is 0 Å². The molecule has 0 aliphatic heterocycles. The Bertz CT molecular complexity index is 1210. The fraction of sp³-hybridized carbons (Fsp3) is 0.0400. The van der Waals surface area contributed by atoms with Crippen LogP contribution >= 0.6 is 0 Å². The van der Waals surface area contributed by atoms with Gasteiger partial charge in [-0.15, -0.1) is 0 Å². The van der Waals surface area contributed by atoms with E-state index in [1.807, 2.05) is 36.4 Å². The maximum Gasteiger partial charge on any atom is 0.158 e. The van der Waals surface area contributed by atoms with E-state index < -0.39 is 5.92 Å². The Morgan fingerprint density at radius 1 is 0.710 bits per heavy atom. The standard InChI is InChI=1S/C25H16N6/c26-16-20(24(18-28)30-22-12-6-2-7-13-22)10-4-1-5-11-21(17-27)25(19-29)31-23-14-8-3-9-15-23/h1-15,20H. The highest BCUT2D eigenvalue weighted by Gasteiger charge is 2.11. The van der Waals surface area contributed by atoms with Crippen LogP contribution in [0.1, 0.15) is 0 Å². The maximum atomic E-state index is 9.37. The van der Waals surface area contributed by atoms with Crippen LogP contribution < -0.4 is 0 Å². The maximum absolute atomic E-state index is 9.37. The van der Waals surface area contributed by atoms with Crippen LogP contribution in [0.4, 0.5) is 11.4 Å². The molecule has 1 unspecified atom stereocenters. The monoisotopic (exact) mass is 400 g/mol. The highest BCUT2D eigenvalue weighted by molar-refractivity contribution is 6.15. The topological polar surface area (TPSA) is 120 Å². The Morgan fingerprint density at radius 3 is 1.84 bits per heavy atom. The molecule has 0 spiro atoms. The molecule has 2 rings (SSSR count). The van der Waals surface area contributed by atoms with Gasteiger partial charge in [-0.05, 0) is 30.3 Å². The summed E-state index contributed by atoms with van der Waals surface area (Å²) in [6.45, 7) is 0. The van der Waals surface area contributed by atoms with Gasteiger partial charge in [-0.2, -0.15) is 21.0 Å². The van der Waals surface area contributed by atoms with Crippen molar-refractivity contribution in [3.05, 3.63) is 96.6 Å². The molecule has 6 heteroatoms. The van der Waals surface area contributed by atoms with E-state index >= 15 is 0 Å². The van der Waals surface area contributed by atoms with Crippen molar-refractivity contribution >= 4 is 22.8 Å². The second kappa shape index (κ2) is 12.4. The number of aliphatic imine (C=N–C) groups is 2. The molecule has 0 N–H and O–H groups in total. The quantitative estimate of drug-likeness (QED) is 0.356. The molecule has 1 atom stereocenters. The first-order valence-corrected chi connectivity index (χ1v) is 9.14. The summed E-state index contributed by atoms with van der Waals surface area (Å²) in [5.74, 6) is -0.816. The lowest BCUT2D eigenvalue weighted by Gasteiger charge is -2.00. The minimum atomic E-state index is -0.816. The summed E-state index contributed by atoms with van der Waals surface area (Å²) in [6.07, 6.45) is 7.72. The Balaban J connectivity index is 2.16. The molecule has 31 heavy (non-hydrogen) atoms. The summed E-state index contributed by atoms with van der Waals surface area (Å²) in [4.78, 5) is 8.39. The molecule has 0 aliphatic rings. The fourth-order valence-corrected chi connectivity index (χ4v) is 2.34. The lowest BCUT2D eigenvalue weighted by molar-refractivity contribution is 1.14. The van der Waals surface area contributed by atoms with Crippen LogP contribution in [0.25, 0.3) is 0 Å². The molecule has 0 amide bonds. The van der Waals surface area contributed by atoms with E-state index in [1.54, 1.807) is 66.8 Å². The molecule has 0 radical (unpaired) electrons. The molecular formula is C25H16N6. The van der Waals surface area contributed by atoms with Crippen LogP contribution in [0.2, 0.25) is 0 Å². The molecule has 0 heterocycles. The summed E-state index contributed by atoms with van der Waals surface area (Å²) in [5, 5.41) is 37.4. The third kappa shape index (κ3) is 7.13. The second-order valence-electron chi connectivity index (χ2n) is 5.92. The van der Waals surface area contributed by atoms with Crippen molar-refractivity contribution in [2.45, 2.75) is 0 Å². The first-order chi connectivity index (χ1) is 15.2. The van der Waals surface area contributed by atoms with E-state index in [0.717, 1.165) is 0 Å². The Morgan fingerprint density at radius 2 is 1.32 bits per heavy atom. The van der Waals surface area contributed by atoms with Gasteiger partial charge in [-0.3, -0.25) is 0 Å². The van der Waals surface area contributed by atoms with E-state index in [-0.39, 0.29) is 17.0 Å². The number of para-hydroxylation sites is 2. The Hall–Kier alpha value is -5.04. The predicted molar refractivity (Wildman–Crippen MR) is 119 cm³/mol. The van der Waals surface area contributed by atoms with Gasteiger partial charge in [0.15, 0.2) is 5.71 Å². The van der Waals surface area contributed by atoms with Gasteiger partial charge in [0.25, 0.3) is 0 Å². The number of nitrogens with zero attached hydrogens (tertiary/aromatic N) is 6. The molecule has 0 aliphatic carbocycles. The first-order valence-electron chi connectivity index (χ1n) is 9.14. The lowest BCUT2D eigenvalue weighted by atomic mass is 10.1. The van der Waals surface area contributed by atoms with Gasteiger partial charge in [0, 0.05) is 0 Å². The molecular weight excluding hydrogens is 384 g/mol. The van der Waals surface area contributed by atoms with E-state index in [4.69, 9.17) is 0 Å². The lowest BCUT2D eigenvalue weighted by Crippen LogP contribution is -2.07. The molecule has 0 fully saturated rings. The summed E-state index contributed by atoms with van der Waals surface area (Å²) in [6, 6.07) is 25.7. The number of nitriles is 4. The van der Waals surface area contributed by atoms with Crippen LogP contribution in [0.5, 0.6) is 0 Å². The van der Waals surface area contributed by atoms with E-state index in [1.165, 1.54) is 12.2 Å². The van der Waals surface area contributed by atoms with Crippen molar-refractivity contribution in [1.82, 2.24) is 0 Å². The third-order valence-electron chi connectivity index (χ3n) is 3.82. The van der Waals surface area contributed by atoms with Crippen molar-refractivity contribution in [1.29, 1.82) is 21.0 Å². The van der Waals surface area contributed by atoms with Crippen molar-refractivity contribution in [2.75, 3.05) is 0 Å². The van der Waals surface area contributed by atoms with Crippen LogP contribution in [0, 0.1) is 51.2 Å². The van der Waals surface area contributed by atoms with Crippen molar-refractivity contribution in [3.8, 4) is 24.3 Å². The Kier molecular flexibility index (Phi) is 8.92. The number of allylic oxidation sites excluding steroid dienone is 6. The second-order valence-corrected chi connectivity index (χ2v) is 5.92. The zero-order chi connectivity index (χ0) is 22.3. The summed E-state index contributed by atoms with van der Waals surface area (Å²) in [7, 11) is 0. The fourth-order valence-electron chi connectivity index (χ4n) is 2.34. The minimum absolute atomic E-state index is 0.000933. The summed E-state index contributed by atoms with van der Waals surface area (Å²) < 4.78 is 0. The molecule has 0 saturated carbocycles. The zero-order valence-corrected chi connectivity index (χ0v) is 16.4. The van der Waals surface area contributed by atoms with Crippen molar-refractivity contribution < 1.29 is 0 Å². The molecule has 146 valence electrons. The molecule has 0 aromatic heterocycles. The largest absolute Gasteiger partial charge is 0.240 e. The third-order valence-corrected chi connectivity index (χ3v) is 3.82. The minimum Gasteiger partial charge on any atom is -0.240 e. The molecule has 6 nitrogen and oxygen atoms in total.